The maximum Gasteiger partial charge on any atom is 0.221 e. The van der Waals surface area contributed by atoms with Gasteiger partial charge in [-0.15, -0.1) is 0 Å². The van der Waals surface area contributed by atoms with Crippen LogP contribution >= 0.6 is 0 Å². The summed E-state index contributed by atoms with van der Waals surface area (Å²) in [4.78, 5) is 14.0. The number of hydrogen-bond acceptors (Lipinski definition) is 3. The molecule has 1 aliphatic rings. The van der Waals surface area contributed by atoms with Crippen LogP contribution in [-0.2, 0) is 11.3 Å². The van der Waals surface area contributed by atoms with Crippen LogP contribution < -0.4 is 10.2 Å². The number of anilines is 1. The van der Waals surface area contributed by atoms with Gasteiger partial charge in [0.1, 0.15) is 0 Å². The molecule has 1 N–H and O–H groups in total. The van der Waals surface area contributed by atoms with Crippen molar-refractivity contribution in [2.24, 2.45) is 5.92 Å². The van der Waals surface area contributed by atoms with Crippen molar-refractivity contribution in [2.75, 3.05) is 24.5 Å². The molecule has 25 heavy (non-hydrogen) atoms. The lowest BCUT2D eigenvalue weighted by Gasteiger charge is -2.19. The van der Waals surface area contributed by atoms with E-state index in [4.69, 9.17) is 0 Å². The number of hydrogen-bond donors (Lipinski definition) is 1. The third-order valence-electron chi connectivity index (χ3n) is 4.47. The molecule has 5 nitrogen and oxygen atoms in total. The maximum absolute atomic E-state index is 13.3. The van der Waals surface area contributed by atoms with E-state index in [1.54, 1.807) is 16.9 Å². The normalized spacial score (nSPS) is 17.1. The lowest BCUT2D eigenvalue weighted by molar-refractivity contribution is -0.121. The zero-order valence-electron chi connectivity index (χ0n) is 14.2. The zero-order valence-corrected chi connectivity index (χ0v) is 14.2. The molecule has 2 aromatic rings. The highest BCUT2D eigenvalue weighted by Crippen LogP contribution is 2.24. The summed E-state index contributed by atoms with van der Waals surface area (Å²) >= 11 is 0. The van der Waals surface area contributed by atoms with E-state index in [0.717, 1.165) is 31.1 Å². The highest BCUT2D eigenvalue weighted by Gasteiger charge is 2.23. The van der Waals surface area contributed by atoms with Gasteiger partial charge in [0.25, 0.3) is 0 Å². The van der Waals surface area contributed by atoms with Crippen LogP contribution in [-0.4, -0.2) is 35.3 Å². The van der Waals surface area contributed by atoms with Crippen molar-refractivity contribution in [1.29, 1.82) is 0 Å². The smallest absolute Gasteiger partial charge is 0.221 e. The average Bonchev–Trinajstić information content (AvgIpc) is 3.22. The number of nitrogens with zero attached hydrogens (tertiary/aromatic N) is 3. The molecule has 0 bridgehead atoms. The Hall–Kier alpha value is -2.44. The van der Waals surface area contributed by atoms with Gasteiger partial charge in [0.15, 0.2) is 11.6 Å². The van der Waals surface area contributed by atoms with E-state index in [2.05, 4.69) is 10.4 Å². The molecule has 2 heterocycles. The average molecular weight is 348 g/mol. The number of halogens is 2. The lowest BCUT2D eigenvalue weighted by atomic mass is 10.1. The highest BCUT2D eigenvalue weighted by atomic mass is 19.2. The first-order valence-electron chi connectivity index (χ1n) is 8.47. The van der Waals surface area contributed by atoms with Crippen LogP contribution in [0.2, 0.25) is 0 Å². The molecule has 0 saturated carbocycles. The van der Waals surface area contributed by atoms with E-state index in [0.29, 0.717) is 31.1 Å². The van der Waals surface area contributed by atoms with Crippen molar-refractivity contribution in [3.63, 3.8) is 0 Å². The summed E-state index contributed by atoms with van der Waals surface area (Å²) in [6, 6.07) is 3.96. The largest absolute Gasteiger partial charge is 0.371 e. The predicted molar refractivity (Wildman–Crippen MR) is 91.3 cm³/mol. The molecule has 134 valence electrons. The number of amides is 1. The summed E-state index contributed by atoms with van der Waals surface area (Å²) in [7, 11) is 0. The van der Waals surface area contributed by atoms with Crippen molar-refractivity contribution < 1.29 is 13.6 Å². The van der Waals surface area contributed by atoms with Crippen molar-refractivity contribution in [1.82, 2.24) is 15.1 Å². The van der Waals surface area contributed by atoms with E-state index in [1.165, 1.54) is 6.07 Å². The Kier molecular flexibility index (Phi) is 5.31. The van der Waals surface area contributed by atoms with Gasteiger partial charge in [-0.1, -0.05) is 0 Å². The monoisotopic (exact) mass is 348 g/mol. The third-order valence-corrected chi connectivity index (χ3v) is 4.47. The number of carbonyl (C=O) groups is 1. The van der Waals surface area contributed by atoms with Gasteiger partial charge in [0.2, 0.25) is 5.91 Å². The molecule has 1 aromatic heterocycles. The fourth-order valence-electron chi connectivity index (χ4n) is 3.07. The summed E-state index contributed by atoms with van der Waals surface area (Å²) in [5.74, 6) is -1.36. The Morgan fingerprint density at radius 2 is 2.20 bits per heavy atom. The van der Waals surface area contributed by atoms with Crippen molar-refractivity contribution in [3.05, 3.63) is 47.8 Å². The molecule has 1 amide bonds. The summed E-state index contributed by atoms with van der Waals surface area (Å²) in [5.41, 5.74) is 1.76. The summed E-state index contributed by atoms with van der Waals surface area (Å²) < 4.78 is 28.1. The molecule has 1 aromatic carbocycles. The van der Waals surface area contributed by atoms with E-state index < -0.39 is 11.6 Å². The second kappa shape index (κ2) is 7.63. The van der Waals surface area contributed by atoms with Crippen LogP contribution in [0.5, 0.6) is 0 Å². The predicted octanol–water partition coefficient (Wildman–Crippen LogP) is 2.50. The first kappa shape index (κ1) is 17.4. The number of benzene rings is 1. The van der Waals surface area contributed by atoms with Crippen LogP contribution in [0.25, 0.3) is 0 Å². The Balaban J connectivity index is 1.42. The minimum atomic E-state index is -0.834. The molecule has 0 radical (unpaired) electrons. The lowest BCUT2D eigenvalue weighted by Crippen LogP contribution is -2.31. The van der Waals surface area contributed by atoms with Crippen LogP contribution in [0.15, 0.2) is 30.6 Å². The molecule has 3 rings (SSSR count). The Morgan fingerprint density at radius 3 is 2.92 bits per heavy atom. The minimum absolute atomic E-state index is 0.000528. The Labute approximate surface area is 145 Å². The SMILES string of the molecule is Cc1cnn(CCC(=O)NC[C@H]2CCN(c3ccc(F)c(F)c3)C2)c1. The van der Waals surface area contributed by atoms with Crippen molar-refractivity contribution in [3.8, 4) is 0 Å². The number of carbonyl (C=O) groups excluding carboxylic acids is 1. The fourth-order valence-corrected chi connectivity index (χ4v) is 3.07. The van der Waals surface area contributed by atoms with Crippen LogP contribution in [0, 0.1) is 24.5 Å². The van der Waals surface area contributed by atoms with Crippen LogP contribution in [0.3, 0.4) is 0 Å². The molecule has 1 aliphatic heterocycles. The minimum Gasteiger partial charge on any atom is -0.371 e. The first-order valence-corrected chi connectivity index (χ1v) is 8.47. The van der Waals surface area contributed by atoms with E-state index in [-0.39, 0.29) is 5.91 Å². The van der Waals surface area contributed by atoms with Gasteiger partial charge in [-0.05, 0) is 37.0 Å². The Morgan fingerprint density at radius 1 is 1.36 bits per heavy atom. The molecule has 0 unspecified atom stereocenters. The van der Waals surface area contributed by atoms with Gasteiger partial charge in [0.05, 0.1) is 6.20 Å². The summed E-state index contributed by atoms with van der Waals surface area (Å²) in [5, 5.41) is 7.11. The zero-order chi connectivity index (χ0) is 17.8. The number of rotatable bonds is 6. The molecule has 1 fully saturated rings. The van der Waals surface area contributed by atoms with Crippen LogP contribution in [0.4, 0.5) is 14.5 Å². The maximum atomic E-state index is 13.3. The highest BCUT2D eigenvalue weighted by molar-refractivity contribution is 5.75. The van der Waals surface area contributed by atoms with Gasteiger partial charge >= 0.3 is 0 Å². The standard InChI is InChI=1S/C18H22F2N4O/c1-13-9-22-24(11-13)7-5-18(25)21-10-14-4-6-23(12-14)15-2-3-16(19)17(20)8-15/h2-3,8-9,11,14H,4-7,10,12H2,1H3,(H,21,25)/t14-/m1/s1. The summed E-state index contributed by atoms with van der Waals surface area (Å²) in [6.45, 7) is 4.62. The van der Waals surface area contributed by atoms with Gasteiger partial charge in [-0.3, -0.25) is 9.48 Å². The summed E-state index contributed by atoms with van der Waals surface area (Å²) in [6.07, 6.45) is 4.98. The molecule has 1 saturated heterocycles. The van der Waals surface area contributed by atoms with Crippen LogP contribution in [0.1, 0.15) is 18.4 Å². The Bertz CT molecular complexity index is 746. The van der Waals surface area contributed by atoms with E-state index in [9.17, 15) is 13.6 Å². The molecular formula is C18H22F2N4O. The van der Waals surface area contributed by atoms with Gasteiger partial charge in [-0.25, -0.2) is 8.78 Å². The number of aromatic nitrogens is 2. The molecular weight excluding hydrogens is 326 g/mol. The van der Waals surface area contributed by atoms with Crippen molar-refractivity contribution >= 4 is 11.6 Å². The van der Waals surface area contributed by atoms with Crippen molar-refractivity contribution in [2.45, 2.75) is 26.3 Å². The molecule has 1 atom stereocenters. The first-order chi connectivity index (χ1) is 12.0. The van der Waals surface area contributed by atoms with Gasteiger partial charge in [-0.2, -0.15) is 5.10 Å². The molecule has 0 spiro atoms. The number of aryl methyl sites for hydroxylation is 2. The van der Waals surface area contributed by atoms with E-state index in [1.807, 2.05) is 18.0 Å². The quantitative estimate of drug-likeness (QED) is 0.873. The third kappa shape index (κ3) is 4.55. The topological polar surface area (TPSA) is 50.2 Å². The van der Waals surface area contributed by atoms with Gasteiger partial charge < -0.3 is 10.2 Å². The fraction of sp³-hybridized carbons (Fsp3) is 0.444. The second-order valence-electron chi connectivity index (χ2n) is 6.53. The molecule has 7 heteroatoms. The molecule has 0 aliphatic carbocycles. The second-order valence-corrected chi connectivity index (χ2v) is 6.53. The number of nitrogens with one attached hydrogen (secondary N) is 1. The van der Waals surface area contributed by atoms with E-state index >= 15 is 0 Å². The van der Waals surface area contributed by atoms with Gasteiger partial charge in [0, 0.05) is 50.6 Å².